The molecule has 3 atom stereocenters. The molecule has 3 unspecified atom stereocenters. The van der Waals surface area contributed by atoms with Gasteiger partial charge in [-0.3, -0.25) is 4.79 Å². The van der Waals surface area contributed by atoms with E-state index in [-0.39, 0.29) is 12.1 Å². The second-order valence-corrected chi connectivity index (χ2v) is 6.31. The van der Waals surface area contributed by atoms with Crippen molar-refractivity contribution in [3.05, 3.63) is 0 Å². The second-order valence-electron chi connectivity index (χ2n) is 6.31. The number of nitrogens with zero attached hydrogens (tertiary/aromatic N) is 1. The summed E-state index contributed by atoms with van der Waals surface area (Å²) in [5, 5.41) is 12.2. The summed E-state index contributed by atoms with van der Waals surface area (Å²) in [6.07, 6.45) is 6.67. The van der Waals surface area contributed by atoms with Gasteiger partial charge in [0.15, 0.2) is 0 Å². The summed E-state index contributed by atoms with van der Waals surface area (Å²) in [6, 6.07) is -0.272. The molecule has 1 saturated heterocycles. The van der Waals surface area contributed by atoms with Crippen LogP contribution in [0.1, 0.15) is 51.9 Å². The Labute approximate surface area is 120 Å². The summed E-state index contributed by atoms with van der Waals surface area (Å²) < 4.78 is 0. The number of carboxylic acid groups (broad SMARTS) is 1. The van der Waals surface area contributed by atoms with Gasteiger partial charge < -0.3 is 15.3 Å². The van der Waals surface area contributed by atoms with E-state index in [1.54, 1.807) is 0 Å². The Morgan fingerprint density at radius 1 is 1.05 bits per heavy atom. The van der Waals surface area contributed by atoms with Crippen LogP contribution in [0.2, 0.25) is 0 Å². The number of amides is 2. The van der Waals surface area contributed by atoms with Crippen LogP contribution in [-0.4, -0.2) is 41.1 Å². The van der Waals surface area contributed by atoms with Gasteiger partial charge in [0.05, 0.1) is 5.92 Å². The average molecular weight is 282 g/mol. The number of urea groups is 1. The van der Waals surface area contributed by atoms with E-state index < -0.39 is 11.9 Å². The van der Waals surface area contributed by atoms with E-state index in [1.807, 2.05) is 4.90 Å². The third-order valence-corrected chi connectivity index (χ3v) is 4.70. The Bertz CT molecular complexity index is 359. The van der Waals surface area contributed by atoms with E-state index in [9.17, 15) is 14.7 Å². The van der Waals surface area contributed by atoms with Crippen molar-refractivity contribution in [2.45, 2.75) is 57.9 Å². The molecule has 2 rings (SSSR count). The third kappa shape index (κ3) is 3.87. The number of nitrogens with one attached hydrogen (secondary N) is 1. The van der Waals surface area contributed by atoms with Crippen LogP contribution in [0.25, 0.3) is 0 Å². The minimum absolute atomic E-state index is 0.0720. The van der Waals surface area contributed by atoms with Gasteiger partial charge in [0.1, 0.15) is 0 Å². The fourth-order valence-electron chi connectivity index (χ4n) is 3.32. The number of carbonyl (C=O) groups excluding carboxylic acids is 1. The first-order valence-corrected chi connectivity index (χ1v) is 7.86. The van der Waals surface area contributed by atoms with Crippen LogP contribution in [0.3, 0.4) is 0 Å². The lowest BCUT2D eigenvalue weighted by molar-refractivity contribution is -0.143. The first kappa shape index (κ1) is 15.1. The van der Waals surface area contributed by atoms with E-state index in [4.69, 9.17) is 0 Å². The number of hydrogen-bond acceptors (Lipinski definition) is 2. The predicted octanol–water partition coefficient (Wildman–Crippen LogP) is 2.46. The number of rotatable bonds is 2. The van der Waals surface area contributed by atoms with Crippen molar-refractivity contribution in [2.75, 3.05) is 13.1 Å². The Morgan fingerprint density at radius 3 is 2.55 bits per heavy atom. The molecule has 0 radical (unpaired) electrons. The highest BCUT2D eigenvalue weighted by Gasteiger charge is 2.32. The van der Waals surface area contributed by atoms with Crippen LogP contribution in [0.4, 0.5) is 4.79 Å². The van der Waals surface area contributed by atoms with Crippen molar-refractivity contribution < 1.29 is 14.7 Å². The zero-order chi connectivity index (χ0) is 14.5. The smallest absolute Gasteiger partial charge is 0.317 e. The van der Waals surface area contributed by atoms with Gasteiger partial charge in [-0.2, -0.15) is 0 Å². The largest absolute Gasteiger partial charge is 0.481 e. The molecule has 1 aliphatic heterocycles. The maximum absolute atomic E-state index is 12.3. The van der Waals surface area contributed by atoms with Crippen LogP contribution in [-0.2, 0) is 4.79 Å². The quantitative estimate of drug-likeness (QED) is 0.817. The third-order valence-electron chi connectivity index (χ3n) is 4.70. The van der Waals surface area contributed by atoms with Crippen molar-refractivity contribution in [1.82, 2.24) is 10.2 Å². The van der Waals surface area contributed by atoms with Gasteiger partial charge in [-0.1, -0.05) is 19.8 Å². The highest BCUT2D eigenvalue weighted by atomic mass is 16.4. The molecule has 2 amide bonds. The molecule has 2 aliphatic rings. The monoisotopic (exact) mass is 282 g/mol. The maximum atomic E-state index is 12.3. The van der Waals surface area contributed by atoms with Crippen LogP contribution in [0, 0.1) is 11.8 Å². The van der Waals surface area contributed by atoms with Crippen molar-refractivity contribution in [3.8, 4) is 0 Å². The Kier molecular flexibility index (Phi) is 5.26. The lowest BCUT2D eigenvalue weighted by atomic mass is 9.84. The molecule has 0 spiro atoms. The minimum atomic E-state index is -0.778. The van der Waals surface area contributed by atoms with E-state index in [1.165, 1.54) is 6.42 Å². The molecular weight excluding hydrogens is 256 g/mol. The maximum Gasteiger partial charge on any atom is 0.317 e. The molecular formula is C15H26N2O3. The predicted molar refractivity (Wildman–Crippen MR) is 76.5 cm³/mol. The molecule has 0 aromatic rings. The summed E-state index contributed by atoms with van der Waals surface area (Å²) in [5.74, 6) is -0.521. The molecule has 0 aromatic carbocycles. The molecule has 2 fully saturated rings. The molecule has 114 valence electrons. The number of carboxylic acids is 1. The van der Waals surface area contributed by atoms with Crippen molar-refractivity contribution in [3.63, 3.8) is 0 Å². The SMILES string of the molecule is CC1CCCN(C(=O)NC2CCCCC2C(=O)O)CC1. The second kappa shape index (κ2) is 6.95. The Hall–Kier alpha value is -1.26. The van der Waals surface area contributed by atoms with Crippen LogP contribution in [0.15, 0.2) is 0 Å². The van der Waals surface area contributed by atoms with Crippen molar-refractivity contribution in [1.29, 1.82) is 0 Å². The van der Waals surface area contributed by atoms with E-state index >= 15 is 0 Å². The summed E-state index contributed by atoms with van der Waals surface area (Å²) in [5.41, 5.74) is 0. The van der Waals surface area contributed by atoms with E-state index in [0.717, 1.165) is 45.2 Å². The topological polar surface area (TPSA) is 69.6 Å². The molecule has 2 N–H and O–H groups in total. The summed E-state index contributed by atoms with van der Waals surface area (Å²) in [4.78, 5) is 25.4. The highest BCUT2D eigenvalue weighted by Crippen LogP contribution is 2.25. The van der Waals surface area contributed by atoms with Gasteiger partial charge in [0, 0.05) is 19.1 Å². The molecule has 0 bridgehead atoms. The van der Waals surface area contributed by atoms with Gasteiger partial charge in [-0.15, -0.1) is 0 Å². The lowest BCUT2D eigenvalue weighted by Crippen LogP contribution is -2.50. The standard InChI is InChI=1S/C15H26N2O3/c1-11-5-4-9-17(10-8-11)15(20)16-13-7-3-2-6-12(13)14(18)19/h11-13H,2-10H2,1H3,(H,16,20)(H,18,19). The molecule has 5 heteroatoms. The number of hydrogen-bond donors (Lipinski definition) is 2. The molecule has 1 heterocycles. The Morgan fingerprint density at radius 2 is 1.80 bits per heavy atom. The molecule has 1 saturated carbocycles. The molecule has 5 nitrogen and oxygen atoms in total. The van der Waals surface area contributed by atoms with Gasteiger partial charge in [0.2, 0.25) is 0 Å². The summed E-state index contributed by atoms with van der Waals surface area (Å²) >= 11 is 0. The number of carbonyl (C=O) groups is 2. The fourth-order valence-corrected chi connectivity index (χ4v) is 3.32. The summed E-state index contributed by atoms with van der Waals surface area (Å²) in [6.45, 7) is 3.81. The van der Waals surface area contributed by atoms with Crippen LogP contribution < -0.4 is 5.32 Å². The first-order chi connectivity index (χ1) is 9.58. The molecule has 0 aromatic heterocycles. The van der Waals surface area contributed by atoms with E-state index in [0.29, 0.717) is 12.3 Å². The highest BCUT2D eigenvalue weighted by molar-refractivity contribution is 5.77. The van der Waals surface area contributed by atoms with Crippen molar-refractivity contribution >= 4 is 12.0 Å². The minimum Gasteiger partial charge on any atom is -0.481 e. The zero-order valence-electron chi connectivity index (χ0n) is 12.3. The lowest BCUT2D eigenvalue weighted by Gasteiger charge is -2.31. The average Bonchev–Trinajstić information content (AvgIpc) is 2.64. The van der Waals surface area contributed by atoms with Gasteiger partial charge in [0.25, 0.3) is 0 Å². The molecule has 20 heavy (non-hydrogen) atoms. The Balaban J connectivity index is 1.90. The van der Waals surface area contributed by atoms with E-state index in [2.05, 4.69) is 12.2 Å². The number of aliphatic carboxylic acids is 1. The molecule has 1 aliphatic carbocycles. The number of likely N-dealkylation sites (tertiary alicyclic amines) is 1. The van der Waals surface area contributed by atoms with Gasteiger partial charge in [-0.05, 0) is 38.0 Å². The van der Waals surface area contributed by atoms with Gasteiger partial charge >= 0.3 is 12.0 Å². The fraction of sp³-hybridized carbons (Fsp3) is 0.867. The zero-order valence-corrected chi connectivity index (χ0v) is 12.3. The first-order valence-electron chi connectivity index (χ1n) is 7.86. The van der Waals surface area contributed by atoms with Gasteiger partial charge in [-0.25, -0.2) is 4.79 Å². The van der Waals surface area contributed by atoms with Crippen LogP contribution in [0.5, 0.6) is 0 Å². The summed E-state index contributed by atoms with van der Waals surface area (Å²) in [7, 11) is 0. The normalized spacial score (nSPS) is 31.4. The van der Waals surface area contributed by atoms with Crippen LogP contribution >= 0.6 is 0 Å². The van der Waals surface area contributed by atoms with Crippen molar-refractivity contribution in [2.24, 2.45) is 11.8 Å².